The first kappa shape index (κ1) is 14.9. The third kappa shape index (κ3) is 3.73. The smallest absolute Gasteiger partial charge is 0.251 e. The highest BCUT2D eigenvalue weighted by Gasteiger charge is 2.28. The van der Waals surface area contributed by atoms with E-state index in [0.29, 0.717) is 29.6 Å². The second kappa shape index (κ2) is 6.75. The van der Waals surface area contributed by atoms with Crippen molar-refractivity contribution in [3.63, 3.8) is 0 Å². The first-order valence-corrected chi connectivity index (χ1v) is 7.33. The van der Waals surface area contributed by atoms with Crippen LogP contribution in [0.4, 0.5) is 5.69 Å². The van der Waals surface area contributed by atoms with Crippen molar-refractivity contribution >= 4 is 11.6 Å². The number of amides is 1. The summed E-state index contributed by atoms with van der Waals surface area (Å²) < 4.78 is 5.84. The quantitative estimate of drug-likeness (QED) is 0.830. The molecule has 1 aromatic carbocycles. The van der Waals surface area contributed by atoms with Gasteiger partial charge in [0.25, 0.3) is 5.91 Å². The van der Waals surface area contributed by atoms with E-state index in [0.717, 1.165) is 19.4 Å². The lowest BCUT2D eigenvalue weighted by atomic mass is 9.87. The summed E-state index contributed by atoms with van der Waals surface area (Å²) in [5, 5.41) is 3.01. The number of rotatable bonds is 4. The van der Waals surface area contributed by atoms with Crippen molar-refractivity contribution in [2.24, 2.45) is 11.8 Å². The molecule has 1 fully saturated rings. The molecule has 1 aliphatic heterocycles. The van der Waals surface area contributed by atoms with Crippen molar-refractivity contribution in [2.75, 3.05) is 18.9 Å². The van der Waals surface area contributed by atoms with Crippen LogP contribution in [0.25, 0.3) is 0 Å². The van der Waals surface area contributed by atoms with Crippen LogP contribution in [0.3, 0.4) is 0 Å². The van der Waals surface area contributed by atoms with E-state index in [2.05, 4.69) is 19.2 Å². The lowest BCUT2D eigenvalue weighted by Crippen LogP contribution is -2.41. The van der Waals surface area contributed by atoms with Gasteiger partial charge in [-0.15, -0.1) is 0 Å². The fraction of sp³-hybridized carbons (Fsp3) is 0.562. The maximum atomic E-state index is 12.1. The fourth-order valence-electron chi connectivity index (χ4n) is 2.83. The van der Waals surface area contributed by atoms with Crippen LogP contribution in [0, 0.1) is 11.8 Å². The molecule has 1 aliphatic rings. The molecule has 2 unspecified atom stereocenters. The molecule has 1 amide bonds. The van der Waals surface area contributed by atoms with Gasteiger partial charge in [0.1, 0.15) is 0 Å². The second-order valence-corrected chi connectivity index (χ2v) is 5.82. The van der Waals surface area contributed by atoms with Gasteiger partial charge in [0.2, 0.25) is 0 Å². The van der Waals surface area contributed by atoms with Crippen molar-refractivity contribution in [2.45, 2.75) is 32.8 Å². The topological polar surface area (TPSA) is 64.3 Å². The predicted octanol–water partition coefficient (Wildman–Crippen LogP) is 2.45. The number of benzene rings is 1. The van der Waals surface area contributed by atoms with Crippen molar-refractivity contribution < 1.29 is 9.53 Å². The summed E-state index contributed by atoms with van der Waals surface area (Å²) >= 11 is 0. The zero-order valence-corrected chi connectivity index (χ0v) is 12.3. The molecule has 4 heteroatoms. The molecule has 0 bridgehead atoms. The molecule has 4 nitrogen and oxygen atoms in total. The minimum absolute atomic E-state index is 0.0645. The van der Waals surface area contributed by atoms with Crippen LogP contribution in [0.2, 0.25) is 0 Å². The summed E-state index contributed by atoms with van der Waals surface area (Å²) in [4.78, 5) is 12.1. The number of nitrogens with two attached hydrogens (primary N) is 1. The van der Waals surface area contributed by atoms with Crippen LogP contribution in [-0.4, -0.2) is 25.2 Å². The molecule has 1 heterocycles. The number of carbonyl (C=O) groups is 1. The molecule has 3 N–H and O–H groups in total. The Morgan fingerprint density at radius 1 is 1.50 bits per heavy atom. The Bertz CT molecular complexity index is 460. The monoisotopic (exact) mass is 276 g/mol. The molecule has 0 aliphatic carbocycles. The molecule has 110 valence electrons. The van der Waals surface area contributed by atoms with Crippen LogP contribution in [0.15, 0.2) is 24.3 Å². The lowest BCUT2D eigenvalue weighted by Gasteiger charge is -2.34. The zero-order valence-electron chi connectivity index (χ0n) is 12.3. The molecule has 0 aromatic heterocycles. The summed E-state index contributed by atoms with van der Waals surface area (Å²) in [7, 11) is 0. The maximum Gasteiger partial charge on any atom is 0.251 e. The Balaban J connectivity index is 1.92. The van der Waals surface area contributed by atoms with E-state index in [1.54, 1.807) is 24.3 Å². The number of nitrogen functional groups attached to an aromatic ring is 1. The zero-order chi connectivity index (χ0) is 14.5. The van der Waals surface area contributed by atoms with Crippen LogP contribution >= 0.6 is 0 Å². The van der Waals surface area contributed by atoms with Gasteiger partial charge in [0.05, 0.1) is 6.10 Å². The molecule has 2 atom stereocenters. The first-order chi connectivity index (χ1) is 9.58. The van der Waals surface area contributed by atoms with Gasteiger partial charge in [0.15, 0.2) is 0 Å². The van der Waals surface area contributed by atoms with Crippen molar-refractivity contribution in [1.82, 2.24) is 5.32 Å². The van der Waals surface area contributed by atoms with E-state index in [4.69, 9.17) is 10.5 Å². The summed E-state index contributed by atoms with van der Waals surface area (Å²) in [5.74, 6) is 0.809. The van der Waals surface area contributed by atoms with Gasteiger partial charge in [-0.2, -0.15) is 0 Å². The van der Waals surface area contributed by atoms with Gasteiger partial charge >= 0.3 is 0 Å². The van der Waals surface area contributed by atoms with E-state index < -0.39 is 0 Å². The number of ether oxygens (including phenoxy) is 1. The van der Waals surface area contributed by atoms with Gasteiger partial charge in [-0.3, -0.25) is 4.79 Å². The first-order valence-electron chi connectivity index (χ1n) is 7.33. The second-order valence-electron chi connectivity index (χ2n) is 5.82. The van der Waals surface area contributed by atoms with Crippen LogP contribution in [0.1, 0.15) is 37.0 Å². The molecule has 1 aromatic rings. The molecule has 2 rings (SSSR count). The van der Waals surface area contributed by atoms with Crippen LogP contribution in [0.5, 0.6) is 0 Å². The SMILES string of the molecule is CC(C)C1OCCCC1CNC(=O)c1cccc(N)c1. The largest absolute Gasteiger partial charge is 0.399 e. The Kier molecular flexibility index (Phi) is 5.01. The molecular weight excluding hydrogens is 252 g/mol. The highest BCUT2D eigenvalue weighted by Crippen LogP contribution is 2.25. The molecule has 0 radical (unpaired) electrons. The Morgan fingerprint density at radius 2 is 2.30 bits per heavy atom. The van der Waals surface area contributed by atoms with Crippen LogP contribution in [-0.2, 0) is 4.74 Å². The Hall–Kier alpha value is -1.55. The van der Waals surface area contributed by atoms with Gasteiger partial charge in [-0.1, -0.05) is 19.9 Å². The van der Waals surface area contributed by atoms with Crippen molar-refractivity contribution in [3.8, 4) is 0 Å². The molecule has 0 spiro atoms. The summed E-state index contributed by atoms with van der Waals surface area (Å²) in [6, 6.07) is 7.06. The third-order valence-corrected chi connectivity index (χ3v) is 3.82. The van der Waals surface area contributed by atoms with Gasteiger partial charge in [-0.25, -0.2) is 0 Å². The molecular formula is C16H24N2O2. The average Bonchev–Trinajstić information content (AvgIpc) is 2.45. The number of nitrogens with one attached hydrogen (secondary N) is 1. The van der Waals surface area contributed by atoms with E-state index in [-0.39, 0.29) is 12.0 Å². The van der Waals surface area contributed by atoms with Crippen LogP contribution < -0.4 is 11.1 Å². The molecule has 0 saturated carbocycles. The van der Waals surface area contributed by atoms with Crippen molar-refractivity contribution in [1.29, 1.82) is 0 Å². The van der Waals surface area contributed by atoms with E-state index in [1.165, 1.54) is 0 Å². The predicted molar refractivity (Wildman–Crippen MR) is 80.5 cm³/mol. The standard InChI is InChI=1S/C16H24N2O2/c1-11(2)15-13(6-4-8-20-15)10-18-16(19)12-5-3-7-14(17)9-12/h3,5,7,9,11,13,15H,4,6,8,10,17H2,1-2H3,(H,18,19). The van der Waals surface area contributed by atoms with E-state index >= 15 is 0 Å². The third-order valence-electron chi connectivity index (χ3n) is 3.82. The highest BCUT2D eigenvalue weighted by molar-refractivity contribution is 5.94. The minimum atomic E-state index is -0.0645. The average molecular weight is 276 g/mol. The number of hydrogen-bond acceptors (Lipinski definition) is 3. The normalized spacial score (nSPS) is 22.8. The van der Waals surface area contributed by atoms with E-state index in [1.807, 2.05) is 0 Å². The summed E-state index contributed by atoms with van der Waals surface area (Å²) in [5.41, 5.74) is 6.92. The fourth-order valence-corrected chi connectivity index (χ4v) is 2.83. The molecule has 20 heavy (non-hydrogen) atoms. The minimum Gasteiger partial charge on any atom is -0.399 e. The van der Waals surface area contributed by atoms with E-state index in [9.17, 15) is 4.79 Å². The maximum absolute atomic E-state index is 12.1. The highest BCUT2D eigenvalue weighted by atomic mass is 16.5. The Labute approximate surface area is 120 Å². The lowest BCUT2D eigenvalue weighted by molar-refractivity contribution is -0.0510. The van der Waals surface area contributed by atoms with Gasteiger partial charge in [-0.05, 0) is 37.0 Å². The number of carbonyl (C=O) groups excluding carboxylic acids is 1. The number of hydrogen-bond donors (Lipinski definition) is 2. The summed E-state index contributed by atoms with van der Waals surface area (Å²) in [6.07, 6.45) is 2.42. The Morgan fingerprint density at radius 3 is 3.00 bits per heavy atom. The van der Waals surface area contributed by atoms with Crippen molar-refractivity contribution in [3.05, 3.63) is 29.8 Å². The van der Waals surface area contributed by atoms with Gasteiger partial charge in [0, 0.05) is 30.3 Å². The number of anilines is 1. The van der Waals surface area contributed by atoms with Gasteiger partial charge < -0.3 is 15.8 Å². The summed E-state index contributed by atoms with van der Waals surface area (Å²) in [6.45, 7) is 5.84. The molecule has 1 saturated heterocycles.